The molecule has 1 aromatic heterocycles. The predicted octanol–water partition coefficient (Wildman–Crippen LogP) is 2.97. The molecular formula is C14H16FNO2. The molecule has 18 heavy (non-hydrogen) atoms. The molecule has 2 rings (SSSR count). The number of carboxylic acids is 1. The van der Waals surface area contributed by atoms with Crippen molar-refractivity contribution in [3.05, 3.63) is 35.8 Å². The van der Waals surface area contributed by atoms with Gasteiger partial charge in [-0.15, -0.1) is 0 Å². The summed E-state index contributed by atoms with van der Waals surface area (Å²) in [6.45, 7) is 3.38. The van der Waals surface area contributed by atoms with E-state index >= 15 is 0 Å². The summed E-state index contributed by atoms with van der Waals surface area (Å²) in [5.74, 6) is -1.12. The third kappa shape index (κ3) is 2.10. The monoisotopic (exact) mass is 249 g/mol. The molecule has 0 spiro atoms. The predicted molar refractivity (Wildman–Crippen MR) is 68.0 cm³/mol. The first-order valence-electron chi connectivity index (χ1n) is 5.78. The summed E-state index contributed by atoms with van der Waals surface area (Å²) in [5.41, 5.74) is 0.843. The van der Waals surface area contributed by atoms with Gasteiger partial charge in [-0.25, -0.2) is 4.39 Å². The molecule has 1 N–H and O–H groups in total. The molecule has 0 saturated carbocycles. The van der Waals surface area contributed by atoms with Crippen LogP contribution in [0, 0.1) is 11.2 Å². The second kappa shape index (κ2) is 4.12. The molecule has 0 amide bonds. The van der Waals surface area contributed by atoms with Crippen molar-refractivity contribution in [1.82, 2.24) is 4.57 Å². The van der Waals surface area contributed by atoms with Gasteiger partial charge in [-0.3, -0.25) is 4.79 Å². The Morgan fingerprint density at radius 1 is 1.39 bits per heavy atom. The summed E-state index contributed by atoms with van der Waals surface area (Å²) in [6, 6.07) is 6.50. The Morgan fingerprint density at radius 3 is 2.67 bits per heavy atom. The number of aryl methyl sites for hydroxylation is 1. The van der Waals surface area contributed by atoms with Gasteiger partial charge in [0, 0.05) is 24.5 Å². The quantitative estimate of drug-likeness (QED) is 0.908. The molecule has 0 atom stereocenters. The van der Waals surface area contributed by atoms with Crippen LogP contribution >= 0.6 is 0 Å². The van der Waals surface area contributed by atoms with Gasteiger partial charge in [0.15, 0.2) is 0 Å². The molecule has 0 fully saturated rings. The molecule has 0 unspecified atom stereocenters. The first kappa shape index (κ1) is 12.6. The number of carboxylic acid groups (broad SMARTS) is 1. The summed E-state index contributed by atoms with van der Waals surface area (Å²) in [7, 11) is 1.83. The van der Waals surface area contributed by atoms with E-state index in [1.807, 2.05) is 17.7 Å². The van der Waals surface area contributed by atoms with Gasteiger partial charge in [0.1, 0.15) is 5.82 Å². The van der Waals surface area contributed by atoms with Gasteiger partial charge in [0.05, 0.1) is 10.9 Å². The zero-order valence-corrected chi connectivity index (χ0v) is 10.7. The molecule has 0 radical (unpaired) electrons. The van der Waals surface area contributed by atoms with Crippen LogP contribution in [0.15, 0.2) is 24.3 Å². The van der Waals surface area contributed by atoms with E-state index in [9.17, 15) is 9.18 Å². The molecule has 0 bridgehead atoms. The second-order valence-corrected chi connectivity index (χ2v) is 5.26. The Labute approximate surface area is 105 Å². The highest BCUT2D eigenvalue weighted by molar-refractivity contribution is 5.82. The first-order chi connectivity index (χ1) is 8.31. The lowest BCUT2D eigenvalue weighted by Gasteiger charge is -2.19. The van der Waals surface area contributed by atoms with Crippen LogP contribution < -0.4 is 0 Å². The lowest BCUT2D eigenvalue weighted by molar-refractivity contribution is -0.146. The highest BCUT2D eigenvalue weighted by atomic mass is 19.1. The summed E-state index contributed by atoms with van der Waals surface area (Å²) >= 11 is 0. The van der Waals surface area contributed by atoms with Crippen molar-refractivity contribution in [3.63, 3.8) is 0 Å². The van der Waals surface area contributed by atoms with E-state index < -0.39 is 11.4 Å². The van der Waals surface area contributed by atoms with Crippen LogP contribution in [0.25, 0.3) is 10.9 Å². The highest BCUT2D eigenvalue weighted by Gasteiger charge is 2.28. The van der Waals surface area contributed by atoms with Crippen molar-refractivity contribution in [2.24, 2.45) is 12.5 Å². The van der Waals surface area contributed by atoms with Crippen LogP contribution in [0.5, 0.6) is 0 Å². The molecule has 3 nitrogen and oxygen atoms in total. The van der Waals surface area contributed by atoms with E-state index in [2.05, 4.69) is 0 Å². The number of benzene rings is 1. The van der Waals surface area contributed by atoms with Gasteiger partial charge in [0.25, 0.3) is 0 Å². The van der Waals surface area contributed by atoms with Crippen molar-refractivity contribution in [2.45, 2.75) is 20.3 Å². The maximum absolute atomic E-state index is 13.2. The topological polar surface area (TPSA) is 42.2 Å². The average molecular weight is 249 g/mol. The van der Waals surface area contributed by atoms with E-state index in [1.54, 1.807) is 19.9 Å². The van der Waals surface area contributed by atoms with Crippen LogP contribution in [0.1, 0.15) is 19.5 Å². The largest absolute Gasteiger partial charge is 0.481 e. The number of aromatic nitrogens is 1. The Bertz CT molecular complexity index is 614. The minimum atomic E-state index is -0.834. The molecule has 1 heterocycles. The Balaban J connectivity index is 2.47. The van der Waals surface area contributed by atoms with Crippen molar-refractivity contribution in [2.75, 3.05) is 0 Å². The number of rotatable bonds is 3. The Kier molecular flexibility index (Phi) is 2.89. The molecule has 4 heteroatoms. The molecule has 0 aliphatic rings. The van der Waals surface area contributed by atoms with Crippen molar-refractivity contribution in [3.8, 4) is 0 Å². The molecule has 0 aliphatic heterocycles. The van der Waals surface area contributed by atoms with Crippen LogP contribution in [-0.4, -0.2) is 15.6 Å². The molecule has 0 aliphatic carbocycles. The fourth-order valence-corrected chi connectivity index (χ4v) is 2.06. The zero-order chi connectivity index (χ0) is 13.5. The van der Waals surface area contributed by atoms with Crippen LogP contribution in [0.3, 0.4) is 0 Å². The van der Waals surface area contributed by atoms with Crippen molar-refractivity contribution < 1.29 is 14.3 Å². The second-order valence-electron chi connectivity index (χ2n) is 5.26. The average Bonchev–Trinajstić information content (AvgIpc) is 2.56. The zero-order valence-electron chi connectivity index (χ0n) is 10.7. The van der Waals surface area contributed by atoms with Crippen molar-refractivity contribution in [1.29, 1.82) is 0 Å². The van der Waals surface area contributed by atoms with Crippen LogP contribution in [-0.2, 0) is 18.3 Å². The first-order valence-corrected chi connectivity index (χ1v) is 5.78. The molecule has 0 saturated heterocycles. The summed E-state index contributed by atoms with van der Waals surface area (Å²) in [5, 5.41) is 10.1. The lowest BCUT2D eigenvalue weighted by Crippen LogP contribution is -2.27. The van der Waals surface area contributed by atoms with E-state index in [0.717, 1.165) is 16.6 Å². The minimum absolute atomic E-state index is 0.284. The van der Waals surface area contributed by atoms with Gasteiger partial charge in [-0.1, -0.05) is 0 Å². The standard InChI is InChI=1S/C14H16FNO2/c1-14(2,13(17)18)8-11-6-9-4-5-10(15)7-12(9)16(11)3/h4-7H,8H2,1-3H3,(H,17,18). The van der Waals surface area contributed by atoms with Crippen LogP contribution in [0.4, 0.5) is 4.39 Å². The minimum Gasteiger partial charge on any atom is -0.481 e. The third-order valence-electron chi connectivity index (χ3n) is 3.31. The summed E-state index contributed by atoms with van der Waals surface area (Å²) in [6.07, 6.45) is 0.412. The van der Waals surface area contributed by atoms with Crippen molar-refractivity contribution >= 4 is 16.9 Å². The number of nitrogens with zero attached hydrogens (tertiary/aromatic N) is 1. The number of fused-ring (bicyclic) bond motifs is 1. The van der Waals surface area contributed by atoms with Gasteiger partial charge >= 0.3 is 5.97 Å². The maximum Gasteiger partial charge on any atom is 0.309 e. The Hall–Kier alpha value is -1.84. The lowest BCUT2D eigenvalue weighted by atomic mass is 9.88. The molecule has 96 valence electrons. The fourth-order valence-electron chi connectivity index (χ4n) is 2.06. The van der Waals surface area contributed by atoms with Crippen LogP contribution in [0.2, 0.25) is 0 Å². The van der Waals surface area contributed by atoms with E-state index in [1.165, 1.54) is 12.1 Å². The smallest absolute Gasteiger partial charge is 0.309 e. The highest BCUT2D eigenvalue weighted by Crippen LogP contribution is 2.26. The van der Waals surface area contributed by atoms with E-state index in [4.69, 9.17) is 5.11 Å². The Morgan fingerprint density at radius 2 is 2.06 bits per heavy atom. The maximum atomic E-state index is 13.2. The molecule has 1 aromatic carbocycles. The van der Waals surface area contributed by atoms with Gasteiger partial charge in [0.2, 0.25) is 0 Å². The third-order valence-corrected chi connectivity index (χ3v) is 3.31. The normalized spacial score (nSPS) is 12.0. The number of hydrogen-bond donors (Lipinski definition) is 1. The van der Waals surface area contributed by atoms with E-state index in [-0.39, 0.29) is 5.82 Å². The summed E-state index contributed by atoms with van der Waals surface area (Å²) < 4.78 is 15.0. The van der Waals surface area contributed by atoms with Gasteiger partial charge < -0.3 is 9.67 Å². The number of carbonyl (C=O) groups is 1. The van der Waals surface area contributed by atoms with E-state index in [0.29, 0.717) is 6.42 Å². The summed E-state index contributed by atoms with van der Waals surface area (Å²) in [4.78, 5) is 11.1. The number of hydrogen-bond acceptors (Lipinski definition) is 1. The van der Waals surface area contributed by atoms with Gasteiger partial charge in [-0.05, 0) is 38.1 Å². The SMILES string of the molecule is Cn1c(CC(C)(C)C(=O)O)cc2ccc(F)cc21. The van der Waals surface area contributed by atoms with Gasteiger partial charge in [-0.2, -0.15) is 0 Å². The molecular weight excluding hydrogens is 233 g/mol. The fraction of sp³-hybridized carbons (Fsp3) is 0.357. The molecule has 2 aromatic rings. The number of aliphatic carboxylic acids is 1. The number of halogens is 1.